The van der Waals surface area contributed by atoms with Crippen molar-refractivity contribution in [3.05, 3.63) is 28.7 Å². The van der Waals surface area contributed by atoms with Crippen molar-refractivity contribution in [2.45, 2.75) is 13.0 Å². The summed E-state index contributed by atoms with van der Waals surface area (Å²) in [6.45, 7) is 2.47. The quantitative estimate of drug-likeness (QED) is 0.863. The molecule has 0 aromatic heterocycles. The first-order chi connectivity index (χ1) is 5.68. The van der Waals surface area contributed by atoms with Crippen molar-refractivity contribution in [1.29, 1.82) is 0 Å². The topological polar surface area (TPSA) is 35.2 Å². The summed E-state index contributed by atoms with van der Waals surface area (Å²) < 4.78 is 6.41. The molecule has 0 bridgehead atoms. The van der Waals surface area contributed by atoms with Crippen LogP contribution in [0.4, 0.5) is 0 Å². The van der Waals surface area contributed by atoms with Crippen molar-refractivity contribution in [2.75, 3.05) is 6.61 Å². The highest BCUT2D eigenvalue weighted by Gasteiger charge is 1.96. The van der Waals surface area contributed by atoms with E-state index < -0.39 is 0 Å². The fourth-order valence-corrected chi connectivity index (χ4v) is 1.16. The van der Waals surface area contributed by atoms with E-state index in [0.29, 0.717) is 6.61 Å². The van der Waals surface area contributed by atoms with Crippen molar-refractivity contribution in [1.82, 2.24) is 0 Å². The Kier molecular flexibility index (Phi) is 3.56. The first kappa shape index (κ1) is 9.55. The van der Waals surface area contributed by atoms with Gasteiger partial charge in [0.1, 0.15) is 12.4 Å². The van der Waals surface area contributed by atoms with Crippen LogP contribution in [0.3, 0.4) is 0 Å². The third kappa shape index (κ3) is 3.24. The molecule has 0 radical (unpaired) electrons. The van der Waals surface area contributed by atoms with E-state index in [-0.39, 0.29) is 6.04 Å². The Labute approximate surface area is 80.8 Å². The molecular formula is C9H12BrNO. The third-order valence-corrected chi connectivity index (χ3v) is 1.80. The maximum Gasteiger partial charge on any atom is 0.120 e. The van der Waals surface area contributed by atoms with E-state index in [4.69, 9.17) is 10.5 Å². The lowest BCUT2D eigenvalue weighted by molar-refractivity contribution is 0.296. The first-order valence-corrected chi connectivity index (χ1v) is 4.62. The van der Waals surface area contributed by atoms with Gasteiger partial charge in [-0.3, -0.25) is 0 Å². The molecule has 3 heteroatoms. The normalized spacial score (nSPS) is 12.6. The Bertz CT molecular complexity index is 250. The van der Waals surface area contributed by atoms with Crippen LogP contribution in [-0.2, 0) is 0 Å². The number of hydrogen-bond donors (Lipinski definition) is 1. The SMILES string of the molecule is CC(N)COc1cccc(Br)c1. The van der Waals surface area contributed by atoms with Crippen molar-refractivity contribution < 1.29 is 4.74 Å². The van der Waals surface area contributed by atoms with Crippen LogP contribution in [0.25, 0.3) is 0 Å². The summed E-state index contributed by atoms with van der Waals surface area (Å²) in [5.74, 6) is 0.849. The lowest BCUT2D eigenvalue weighted by Crippen LogP contribution is -2.23. The van der Waals surface area contributed by atoms with Crippen molar-refractivity contribution in [2.24, 2.45) is 5.73 Å². The molecule has 66 valence electrons. The predicted octanol–water partition coefficient (Wildman–Crippen LogP) is 2.18. The number of halogens is 1. The van der Waals surface area contributed by atoms with Crippen molar-refractivity contribution in [3.63, 3.8) is 0 Å². The molecule has 1 aromatic rings. The highest BCUT2D eigenvalue weighted by atomic mass is 79.9. The summed E-state index contributed by atoms with van der Waals surface area (Å²) in [6.07, 6.45) is 0. The van der Waals surface area contributed by atoms with E-state index in [1.165, 1.54) is 0 Å². The van der Waals surface area contributed by atoms with E-state index in [1.54, 1.807) is 0 Å². The predicted molar refractivity (Wildman–Crippen MR) is 53.3 cm³/mol. The van der Waals surface area contributed by atoms with E-state index in [2.05, 4.69) is 15.9 Å². The largest absolute Gasteiger partial charge is 0.492 e. The minimum absolute atomic E-state index is 0.0731. The van der Waals surface area contributed by atoms with Gasteiger partial charge in [0.05, 0.1) is 0 Å². The van der Waals surface area contributed by atoms with Gasteiger partial charge in [-0.2, -0.15) is 0 Å². The molecule has 0 amide bonds. The second-order valence-corrected chi connectivity index (χ2v) is 3.66. The Morgan fingerprint density at radius 3 is 2.92 bits per heavy atom. The molecule has 0 heterocycles. The van der Waals surface area contributed by atoms with Crippen LogP contribution in [0.15, 0.2) is 28.7 Å². The van der Waals surface area contributed by atoms with E-state index in [0.717, 1.165) is 10.2 Å². The summed E-state index contributed by atoms with van der Waals surface area (Å²) in [5.41, 5.74) is 5.54. The van der Waals surface area contributed by atoms with Gasteiger partial charge in [0, 0.05) is 10.5 Å². The van der Waals surface area contributed by atoms with Gasteiger partial charge in [0.25, 0.3) is 0 Å². The van der Waals surface area contributed by atoms with E-state index in [1.807, 2.05) is 31.2 Å². The van der Waals surface area contributed by atoms with Gasteiger partial charge < -0.3 is 10.5 Å². The van der Waals surface area contributed by atoms with Crippen molar-refractivity contribution in [3.8, 4) is 5.75 Å². The Hall–Kier alpha value is -0.540. The molecule has 0 saturated carbocycles. The zero-order valence-corrected chi connectivity index (χ0v) is 8.54. The van der Waals surface area contributed by atoms with Crippen LogP contribution in [0.1, 0.15) is 6.92 Å². The first-order valence-electron chi connectivity index (χ1n) is 3.82. The zero-order valence-electron chi connectivity index (χ0n) is 6.96. The maximum absolute atomic E-state index is 5.54. The smallest absolute Gasteiger partial charge is 0.120 e. The third-order valence-electron chi connectivity index (χ3n) is 1.31. The summed E-state index contributed by atoms with van der Waals surface area (Å²) in [6, 6.07) is 7.79. The number of nitrogens with two attached hydrogens (primary N) is 1. The van der Waals surface area contributed by atoms with Gasteiger partial charge in [-0.1, -0.05) is 22.0 Å². The van der Waals surface area contributed by atoms with E-state index >= 15 is 0 Å². The number of benzene rings is 1. The minimum atomic E-state index is 0.0731. The second-order valence-electron chi connectivity index (χ2n) is 2.75. The van der Waals surface area contributed by atoms with Crippen LogP contribution >= 0.6 is 15.9 Å². The molecule has 0 fully saturated rings. The molecular weight excluding hydrogens is 218 g/mol. The van der Waals surface area contributed by atoms with Crippen LogP contribution in [-0.4, -0.2) is 12.6 Å². The molecule has 12 heavy (non-hydrogen) atoms. The standard InChI is InChI=1S/C9H12BrNO/c1-7(11)6-12-9-4-2-3-8(10)5-9/h2-5,7H,6,11H2,1H3. The average molecular weight is 230 g/mol. The molecule has 1 aromatic carbocycles. The van der Waals surface area contributed by atoms with Crippen LogP contribution in [0, 0.1) is 0 Å². The molecule has 1 atom stereocenters. The fraction of sp³-hybridized carbons (Fsp3) is 0.333. The number of rotatable bonds is 3. The number of ether oxygens (including phenoxy) is 1. The zero-order chi connectivity index (χ0) is 8.97. The number of hydrogen-bond acceptors (Lipinski definition) is 2. The molecule has 1 unspecified atom stereocenters. The van der Waals surface area contributed by atoms with Gasteiger partial charge >= 0.3 is 0 Å². The average Bonchev–Trinajstić information content (AvgIpc) is 2.01. The van der Waals surface area contributed by atoms with Gasteiger partial charge in [0.2, 0.25) is 0 Å². The Morgan fingerprint density at radius 2 is 2.33 bits per heavy atom. The molecule has 0 aliphatic heterocycles. The van der Waals surface area contributed by atoms with Crippen LogP contribution in [0.2, 0.25) is 0 Å². The summed E-state index contributed by atoms with van der Waals surface area (Å²) in [7, 11) is 0. The monoisotopic (exact) mass is 229 g/mol. The van der Waals surface area contributed by atoms with Gasteiger partial charge in [-0.05, 0) is 25.1 Å². The van der Waals surface area contributed by atoms with Gasteiger partial charge in [0.15, 0.2) is 0 Å². The molecule has 0 aliphatic carbocycles. The van der Waals surface area contributed by atoms with Crippen LogP contribution in [0.5, 0.6) is 5.75 Å². The minimum Gasteiger partial charge on any atom is -0.492 e. The lowest BCUT2D eigenvalue weighted by atomic mass is 10.3. The Balaban J connectivity index is 2.52. The van der Waals surface area contributed by atoms with Crippen LogP contribution < -0.4 is 10.5 Å². The van der Waals surface area contributed by atoms with Gasteiger partial charge in [-0.15, -0.1) is 0 Å². The molecule has 1 rings (SSSR count). The maximum atomic E-state index is 5.54. The fourth-order valence-electron chi connectivity index (χ4n) is 0.784. The lowest BCUT2D eigenvalue weighted by Gasteiger charge is -2.08. The van der Waals surface area contributed by atoms with E-state index in [9.17, 15) is 0 Å². The summed E-state index contributed by atoms with van der Waals surface area (Å²) in [5, 5.41) is 0. The molecule has 0 aliphatic rings. The van der Waals surface area contributed by atoms with Crippen molar-refractivity contribution >= 4 is 15.9 Å². The molecule has 0 spiro atoms. The second kappa shape index (κ2) is 4.48. The summed E-state index contributed by atoms with van der Waals surface area (Å²) >= 11 is 3.36. The highest BCUT2D eigenvalue weighted by molar-refractivity contribution is 9.10. The molecule has 0 saturated heterocycles. The summed E-state index contributed by atoms with van der Waals surface area (Å²) in [4.78, 5) is 0. The molecule has 2 nitrogen and oxygen atoms in total. The highest BCUT2D eigenvalue weighted by Crippen LogP contribution is 2.17. The molecule has 2 N–H and O–H groups in total. The van der Waals surface area contributed by atoms with Gasteiger partial charge in [-0.25, -0.2) is 0 Å². The Morgan fingerprint density at radius 1 is 1.58 bits per heavy atom.